The average Bonchev–Trinajstić information content (AvgIpc) is 3.01. The molecule has 29 heavy (non-hydrogen) atoms. The lowest BCUT2D eigenvalue weighted by Crippen LogP contribution is -2.20. The number of rotatable bonds is 5. The number of anilines is 1. The van der Waals surface area contributed by atoms with Crippen LogP contribution in [0, 0.1) is 17.7 Å². The summed E-state index contributed by atoms with van der Waals surface area (Å²) in [7, 11) is 1.42. The SMILES string of the molecule is COc1nc(N)nn2cc(F)c(-c3ccc4c(c3)C[C@H]([C@H](C)CC(F)F)C=N4)c12. The fraction of sp³-hybridized carbons (Fsp3) is 0.350. The lowest BCUT2D eigenvalue weighted by molar-refractivity contribution is 0.111. The molecular weight excluding hydrogens is 383 g/mol. The molecule has 2 atom stereocenters. The molecular formula is C20H20F3N5O. The van der Waals surface area contributed by atoms with Crippen LogP contribution in [-0.4, -0.2) is 34.3 Å². The highest BCUT2D eigenvalue weighted by molar-refractivity contribution is 5.86. The minimum Gasteiger partial charge on any atom is -0.479 e. The van der Waals surface area contributed by atoms with Gasteiger partial charge < -0.3 is 10.5 Å². The van der Waals surface area contributed by atoms with E-state index in [1.54, 1.807) is 25.3 Å². The molecule has 0 saturated carbocycles. The van der Waals surface area contributed by atoms with Gasteiger partial charge in [0.1, 0.15) is 5.52 Å². The summed E-state index contributed by atoms with van der Waals surface area (Å²) in [6.45, 7) is 1.80. The lowest BCUT2D eigenvalue weighted by atomic mass is 9.84. The Kier molecular flexibility index (Phi) is 4.89. The second kappa shape index (κ2) is 7.38. The summed E-state index contributed by atoms with van der Waals surface area (Å²) in [4.78, 5) is 8.45. The van der Waals surface area contributed by atoms with Crippen molar-refractivity contribution < 1.29 is 17.9 Å². The van der Waals surface area contributed by atoms with E-state index in [1.807, 2.05) is 6.07 Å². The zero-order valence-corrected chi connectivity index (χ0v) is 15.9. The van der Waals surface area contributed by atoms with Crippen LogP contribution in [0.25, 0.3) is 16.6 Å². The van der Waals surface area contributed by atoms with Crippen LogP contribution in [0.15, 0.2) is 29.4 Å². The predicted molar refractivity (Wildman–Crippen MR) is 104 cm³/mol. The number of halogens is 3. The summed E-state index contributed by atoms with van der Waals surface area (Å²) in [5, 5.41) is 4.01. The van der Waals surface area contributed by atoms with Gasteiger partial charge in [0.2, 0.25) is 18.3 Å². The molecule has 3 aromatic rings. The molecule has 152 valence electrons. The molecule has 2 N–H and O–H groups in total. The van der Waals surface area contributed by atoms with Gasteiger partial charge in [-0.25, -0.2) is 17.7 Å². The van der Waals surface area contributed by atoms with Crippen LogP contribution in [0.5, 0.6) is 5.88 Å². The van der Waals surface area contributed by atoms with E-state index in [0.29, 0.717) is 17.5 Å². The summed E-state index contributed by atoms with van der Waals surface area (Å²) < 4.78 is 46.9. The number of aromatic nitrogens is 3. The Morgan fingerprint density at radius 2 is 2.14 bits per heavy atom. The van der Waals surface area contributed by atoms with E-state index < -0.39 is 12.2 Å². The third-order valence-electron chi connectivity index (χ3n) is 5.27. The van der Waals surface area contributed by atoms with Crippen molar-refractivity contribution >= 4 is 23.4 Å². The Balaban J connectivity index is 1.76. The van der Waals surface area contributed by atoms with Gasteiger partial charge in [0.25, 0.3) is 0 Å². The first kappa shape index (κ1) is 19.2. The van der Waals surface area contributed by atoms with E-state index in [9.17, 15) is 13.2 Å². The highest BCUT2D eigenvalue weighted by atomic mass is 19.3. The molecule has 4 rings (SSSR count). The quantitative estimate of drug-likeness (QED) is 0.689. The molecule has 0 unspecified atom stereocenters. The van der Waals surface area contributed by atoms with Crippen molar-refractivity contribution in [3.05, 3.63) is 35.8 Å². The van der Waals surface area contributed by atoms with Crippen molar-refractivity contribution in [1.29, 1.82) is 0 Å². The topological polar surface area (TPSA) is 77.8 Å². The van der Waals surface area contributed by atoms with Gasteiger partial charge in [-0.05, 0) is 35.6 Å². The van der Waals surface area contributed by atoms with Crippen LogP contribution in [0.1, 0.15) is 18.9 Å². The smallest absolute Gasteiger partial charge is 0.243 e. The van der Waals surface area contributed by atoms with Gasteiger partial charge >= 0.3 is 0 Å². The van der Waals surface area contributed by atoms with E-state index in [-0.39, 0.29) is 35.6 Å². The van der Waals surface area contributed by atoms with Crippen LogP contribution >= 0.6 is 0 Å². The number of nitrogens with zero attached hydrogens (tertiary/aromatic N) is 4. The Labute approximate surface area is 165 Å². The molecule has 0 radical (unpaired) electrons. The molecule has 1 aliphatic rings. The van der Waals surface area contributed by atoms with E-state index >= 15 is 0 Å². The first-order valence-electron chi connectivity index (χ1n) is 9.21. The molecule has 0 fully saturated rings. The fourth-order valence-electron chi connectivity index (χ4n) is 3.77. The number of hydrogen-bond donors (Lipinski definition) is 1. The van der Waals surface area contributed by atoms with E-state index in [4.69, 9.17) is 10.5 Å². The molecule has 0 amide bonds. The second-order valence-corrected chi connectivity index (χ2v) is 7.22. The van der Waals surface area contributed by atoms with Crippen LogP contribution in [0.3, 0.4) is 0 Å². The molecule has 1 aromatic carbocycles. The first-order chi connectivity index (χ1) is 13.9. The third kappa shape index (κ3) is 3.52. The van der Waals surface area contributed by atoms with Gasteiger partial charge in [-0.3, -0.25) is 4.99 Å². The maximum absolute atomic E-state index is 14.8. The maximum atomic E-state index is 14.8. The number of fused-ring (bicyclic) bond motifs is 2. The highest BCUT2D eigenvalue weighted by Crippen LogP contribution is 2.38. The number of aliphatic imine (C=N–C) groups is 1. The number of benzene rings is 1. The average molecular weight is 403 g/mol. The standard InChI is InChI=1S/C20H20F3N5O/c1-10(5-16(22)23)13-7-12-6-11(3-4-15(12)25-8-13)17-14(21)9-28-18(17)19(29-2)26-20(24)27-28/h3-4,6,8-10,13,16H,5,7H2,1-2H3,(H2,24,27)/t10-,13+/m1/s1. The van der Waals surface area contributed by atoms with Crippen molar-refractivity contribution in [2.75, 3.05) is 12.8 Å². The van der Waals surface area contributed by atoms with Gasteiger partial charge in [0.15, 0.2) is 5.82 Å². The van der Waals surface area contributed by atoms with Crippen molar-refractivity contribution in [2.24, 2.45) is 16.8 Å². The molecule has 6 nitrogen and oxygen atoms in total. The number of alkyl halides is 2. The Bertz CT molecular complexity index is 1100. The maximum Gasteiger partial charge on any atom is 0.243 e. The molecule has 9 heteroatoms. The molecule has 0 spiro atoms. The molecule has 0 aliphatic carbocycles. The zero-order valence-electron chi connectivity index (χ0n) is 15.9. The number of nitrogen functional groups attached to an aromatic ring is 1. The van der Waals surface area contributed by atoms with Gasteiger partial charge in [-0.1, -0.05) is 13.0 Å². The van der Waals surface area contributed by atoms with Crippen LogP contribution < -0.4 is 10.5 Å². The van der Waals surface area contributed by atoms with Gasteiger partial charge in [0, 0.05) is 18.6 Å². The number of ether oxygens (including phenoxy) is 1. The highest BCUT2D eigenvalue weighted by Gasteiger charge is 2.25. The molecule has 2 aromatic heterocycles. The van der Waals surface area contributed by atoms with Gasteiger partial charge in [-0.15, -0.1) is 5.10 Å². The fourth-order valence-corrected chi connectivity index (χ4v) is 3.77. The first-order valence-corrected chi connectivity index (χ1v) is 9.21. The molecule has 0 saturated heterocycles. The predicted octanol–water partition coefficient (Wildman–Crippen LogP) is 4.29. The van der Waals surface area contributed by atoms with Crippen molar-refractivity contribution in [3.63, 3.8) is 0 Å². The van der Waals surface area contributed by atoms with Crippen molar-refractivity contribution in [2.45, 2.75) is 26.2 Å². The van der Waals surface area contributed by atoms with Crippen molar-refractivity contribution in [1.82, 2.24) is 14.6 Å². The minimum absolute atomic E-state index is 0.0356. The zero-order chi connectivity index (χ0) is 20.7. The van der Waals surface area contributed by atoms with Crippen LogP contribution in [0.4, 0.5) is 24.8 Å². The number of methoxy groups -OCH3 is 1. The summed E-state index contributed by atoms with van der Waals surface area (Å²) in [5.74, 6) is -0.675. The van der Waals surface area contributed by atoms with Crippen LogP contribution in [0.2, 0.25) is 0 Å². The van der Waals surface area contributed by atoms with E-state index in [1.165, 1.54) is 17.8 Å². The number of hydrogen-bond acceptors (Lipinski definition) is 5. The van der Waals surface area contributed by atoms with E-state index in [2.05, 4.69) is 15.1 Å². The van der Waals surface area contributed by atoms with Crippen LogP contribution in [-0.2, 0) is 6.42 Å². The normalized spacial score (nSPS) is 17.0. The molecule has 1 aliphatic heterocycles. The summed E-state index contributed by atoms with van der Waals surface area (Å²) >= 11 is 0. The Morgan fingerprint density at radius 1 is 1.34 bits per heavy atom. The third-order valence-corrected chi connectivity index (χ3v) is 5.27. The number of nitrogens with two attached hydrogens (primary N) is 1. The Morgan fingerprint density at radius 3 is 2.86 bits per heavy atom. The summed E-state index contributed by atoms with van der Waals surface area (Å²) in [6.07, 6.45) is 0.988. The summed E-state index contributed by atoms with van der Waals surface area (Å²) in [5.41, 5.74) is 8.54. The Hall–Kier alpha value is -3.10. The van der Waals surface area contributed by atoms with Gasteiger partial charge in [0.05, 0.1) is 24.6 Å². The minimum atomic E-state index is -2.35. The van der Waals surface area contributed by atoms with Gasteiger partial charge in [-0.2, -0.15) is 4.98 Å². The molecule has 3 heterocycles. The lowest BCUT2D eigenvalue weighted by Gasteiger charge is -2.24. The van der Waals surface area contributed by atoms with E-state index in [0.717, 1.165) is 11.3 Å². The largest absolute Gasteiger partial charge is 0.479 e. The molecule has 0 bridgehead atoms. The van der Waals surface area contributed by atoms with Crippen molar-refractivity contribution in [3.8, 4) is 17.0 Å². The monoisotopic (exact) mass is 403 g/mol. The summed E-state index contributed by atoms with van der Waals surface area (Å²) in [6, 6.07) is 5.39. The second-order valence-electron chi connectivity index (χ2n) is 7.22.